The van der Waals surface area contributed by atoms with Crippen LogP contribution in [0.15, 0.2) is 4.42 Å². The van der Waals surface area contributed by atoms with Crippen LogP contribution >= 0.6 is 0 Å². The maximum atomic E-state index is 10.2. The third kappa shape index (κ3) is 3.01. The molecule has 2 unspecified atom stereocenters. The molecule has 1 saturated heterocycles. The Hall–Kier alpha value is -1.47. The van der Waals surface area contributed by atoms with Gasteiger partial charge in [-0.3, -0.25) is 0 Å². The van der Waals surface area contributed by atoms with E-state index in [9.17, 15) is 4.79 Å². The van der Waals surface area contributed by atoms with E-state index < -0.39 is 5.97 Å². The van der Waals surface area contributed by atoms with E-state index in [2.05, 4.69) is 17.1 Å². The number of aliphatic carboxylic acids is 1. The second kappa shape index (κ2) is 5.24. The maximum Gasteiger partial charge on any atom is 0.329 e. The molecular weight excluding hydrogens is 228 g/mol. The van der Waals surface area contributed by atoms with Crippen molar-refractivity contribution >= 4 is 5.97 Å². The van der Waals surface area contributed by atoms with Gasteiger partial charge in [-0.25, -0.2) is 4.79 Å². The van der Waals surface area contributed by atoms with Crippen LogP contribution in [0.5, 0.6) is 0 Å². The zero-order valence-corrected chi connectivity index (χ0v) is 9.46. The summed E-state index contributed by atoms with van der Waals surface area (Å²) in [6, 6.07) is 0. The van der Waals surface area contributed by atoms with Crippen LogP contribution in [0.3, 0.4) is 0 Å². The van der Waals surface area contributed by atoms with Gasteiger partial charge < -0.3 is 19.0 Å². The number of nitrogens with zero attached hydrogens (tertiary/aromatic N) is 2. The smallest absolute Gasteiger partial charge is 0.329 e. The Morgan fingerprint density at radius 1 is 1.59 bits per heavy atom. The second-order valence-electron chi connectivity index (χ2n) is 3.98. The van der Waals surface area contributed by atoms with Crippen molar-refractivity contribution in [1.82, 2.24) is 10.2 Å². The molecule has 94 valence electrons. The Morgan fingerprint density at radius 2 is 2.41 bits per heavy atom. The lowest BCUT2D eigenvalue weighted by Crippen LogP contribution is -2.06. The van der Waals surface area contributed by atoms with Crippen LogP contribution in [0, 0.1) is 5.92 Å². The van der Waals surface area contributed by atoms with Crippen molar-refractivity contribution in [2.24, 2.45) is 5.92 Å². The van der Waals surface area contributed by atoms with Crippen molar-refractivity contribution in [3.63, 3.8) is 0 Å². The fourth-order valence-electron chi connectivity index (χ4n) is 1.68. The molecular formula is C10H14N2O5. The summed E-state index contributed by atoms with van der Waals surface area (Å²) in [5, 5.41) is 16.0. The van der Waals surface area contributed by atoms with Crippen LogP contribution < -0.4 is 0 Å². The van der Waals surface area contributed by atoms with Crippen LogP contribution in [-0.4, -0.2) is 34.5 Å². The third-order valence-corrected chi connectivity index (χ3v) is 2.56. The Labute approximate surface area is 97.7 Å². The Bertz CT molecular complexity index is 392. The number of hydrogen-bond donors (Lipinski definition) is 1. The SMILES string of the molecule is CC1CCOC1c1nnc(COCC(=O)O)o1. The highest BCUT2D eigenvalue weighted by molar-refractivity contribution is 5.67. The molecule has 0 aliphatic carbocycles. The summed E-state index contributed by atoms with van der Waals surface area (Å²) < 4.78 is 15.7. The fraction of sp³-hybridized carbons (Fsp3) is 0.700. The van der Waals surface area contributed by atoms with Gasteiger partial charge in [0.1, 0.15) is 19.3 Å². The minimum absolute atomic E-state index is 0.000398. The molecule has 0 spiro atoms. The monoisotopic (exact) mass is 242 g/mol. The van der Waals surface area contributed by atoms with E-state index in [0.717, 1.165) is 6.42 Å². The molecule has 0 amide bonds. The molecule has 7 nitrogen and oxygen atoms in total. The van der Waals surface area contributed by atoms with Crippen molar-refractivity contribution in [2.45, 2.75) is 26.1 Å². The molecule has 7 heteroatoms. The number of carbonyl (C=O) groups is 1. The van der Waals surface area contributed by atoms with Gasteiger partial charge in [0.25, 0.3) is 0 Å². The topological polar surface area (TPSA) is 94.7 Å². The number of ether oxygens (including phenoxy) is 2. The van der Waals surface area contributed by atoms with Gasteiger partial charge in [0.05, 0.1) is 0 Å². The van der Waals surface area contributed by atoms with Gasteiger partial charge in [-0.2, -0.15) is 0 Å². The van der Waals surface area contributed by atoms with Gasteiger partial charge >= 0.3 is 5.97 Å². The van der Waals surface area contributed by atoms with E-state index in [0.29, 0.717) is 18.4 Å². The lowest BCUT2D eigenvalue weighted by molar-refractivity contribution is -0.142. The molecule has 0 bridgehead atoms. The predicted molar refractivity (Wildman–Crippen MR) is 54.1 cm³/mol. The lowest BCUT2D eigenvalue weighted by Gasteiger charge is -2.08. The first-order valence-electron chi connectivity index (χ1n) is 5.40. The standard InChI is InChI=1S/C10H14N2O5/c1-6-2-3-16-9(6)10-12-11-7(17-10)4-15-5-8(13)14/h6,9H,2-5H2,1H3,(H,13,14). The quantitative estimate of drug-likeness (QED) is 0.814. The molecule has 0 saturated carbocycles. The molecule has 1 N–H and O–H groups in total. The average molecular weight is 242 g/mol. The van der Waals surface area contributed by atoms with Crippen LogP contribution in [0.1, 0.15) is 31.2 Å². The molecule has 1 fully saturated rings. The molecule has 1 aromatic rings. The molecule has 1 aromatic heterocycles. The number of aromatic nitrogens is 2. The lowest BCUT2D eigenvalue weighted by atomic mass is 10.0. The zero-order chi connectivity index (χ0) is 12.3. The minimum atomic E-state index is -1.03. The molecule has 1 aliphatic rings. The van der Waals surface area contributed by atoms with Crippen molar-refractivity contribution in [3.05, 3.63) is 11.8 Å². The minimum Gasteiger partial charge on any atom is -0.480 e. The van der Waals surface area contributed by atoms with Gasteiger partial charge in [-0.15, -0.1) is 10.2 Å². The molecule has 2 rings (SSSR count). The summed E-state index contributed by atoms with van der Waals surface area (Å²) in [4.78, 5) is 10.2. The molecule has 1 aliphatic heterocycles. The number of rotatable bonds is 5. The normalized spacial score (nSPS) is 24.1. The van der Waals surface area contributed by atoms with E-state index in [-0.39, 0.29) is 25.2 Å². The summed E-state index contributed by atoms with van der Waals surface area (Å²) in [5.41, 5.74) is 0. The van der Waals surface area contributed by atoms with Gasteiger partial charge in [-0.05, 0) is 12.3 Å². The third-order valence-electron chi connectivity index (χ3n) is 2.56. The number of hydrogen-bond acceptors (Lipinski definition) is 6. The van der Waals surface area contributed by atoms with E-state index in [4.69, 9.17) is 19.0 Å². The highest BCUT2D eigenvalue weighted by Gasteiger charge is 2.30. The van der Waals surface area contributed by atoms with Crippen LogP contribution in [0.4, 0.5) is 0 Å². The van der Waals surface area contributed by atoms with Crippen molar-refractivity contribution in [2.75, 3.05) is 13.2 Å². The molecule has 2 atom stereocenters. The highest BCUT2D eigenvalue weighted by Crippen LogP contribution is 2.33. The Balaban J connectivity index is 1.89. The zero-order valence-electron chi connectivity index (χ0n) is 9.46. The van der Waals surface area contributed by atoms with E-state index in [1.807, 2.05) is 0 Å². The summed E-state index contributed by atoms with van der Waals surface area (Å²) in [7, 11) is 0. The Kier molecular flexibility index (Phi) is 3.70. The molecule has 0 aromatic carbocycles. The molecule has 17 heavy (non-hydrogen) atoms. The van der Waals surface area contributed by atoms with Gasteiger partial charge in [-0.1, -0.05) is 6.92 Å². The average Bonchev–Trinajstić information content (AvgIpc) is 2.86. The summed E-state index contributed by atoms with van der Waals surface area (Å²) >= 11 is 0. The van der Waals surface area contributed by atoms with E-state index in [1.165, 1.54) is 0 Å². The fourth-order valence-corrected chi connectivity index (χ4v) is 1.68. The van der Waals surface area contributed by atoms with Gasteiger partial charge in [0.15, 0.2) is 0 Å². The highest BCUT2D eigenvalue weighted by atomic mass is 16.5. The van der Waals surface area contributed by atoms with Gasteiger partial charge in [0, 0.05) is 6.61 Å². The van der Waals surface area contributed by atoms with Crippen LogP contribution in [-0.2, 0) is 20.9 Å². The second-order valence-corrected chi connectivity index (χ2v) is 3.98. The molecule has 0 radical (unpaired) electrons. The first kappa shape index (κ1) is 12.0. The maximum absolute atomic E-state index is 10.2. The van der Waals surface area contributed by atoms with Crippen molar-refractivity contribution in [3.8, 4) is 0 Å². The summed E-state index contributed by atoms with van der Waals surface area (Å²) in [6.07, 6.45) is 0.813. The number of carboxylic acids is 1. The van der Waals surface area contributed by atoms with Crippen molar-refractivity contribution in [1.29, 1.82) is 0 Å². The first-order chi connectivity index (χ1) is 8.16. The molecule has 2 heterocycles. The van der Waals surface area contributed by atoms with E-state index in [1.54, 1.807) is 0 Å². The Morgan fingerprint density at radius 3 is 3.06 bits per heavy atom. The van der Waals surface area contributed by atoms with Crippen molar-refractivity contribution < 1.29 is 23.8 Å². The first-order valence-corrected chi connectivity index (χ1v) is 5.40. The summed E-state index contributed by atoms with van der Waals surface area (Å²) in [5.74, 6) is 0.0219. The van der Waals surface area contributed by atoms with Crippen LogP contribution in [0.25, 0.3) is 0 Å². The van der Waals surface area contributed by atoms with Gasteiger partial charge in [0.2, 0.25) is 11.8 Å². The predicted octanol–water partition coefficient (Wildman–Crippen LogP) is 0.768. The largest absolute Gasteiger partial charge is 0.480 e. The summed E-state index contributed by atoms with van der Waals surface area (Å²) in [6.45, 7) is 2.37. The number of carboxylic acid groups (broad SMARTS) is 1. The van der Waals surface area contributed by atoms with E-state index >= 15 is 0 Å². The van der Waals surface area contributed by atoms with Crippen LogP contribution in [0.2, 0.25) is 0 Å².